The van der Waals surface area contributed by atoms with Crippen molar-refractivity contribution in [2.24, 2.45) is 5.73 Å². The van der Waals surface area contributed by atoms with Gasteiger partial charge in [0.05, 0.1) is 19.8 Å². The van der Waals surface area contributed by atoms with E-state index < -0.39 is 0 Å². The number of nitrogens with one attached hydrogen (secondary N) is 1. The highest BCUT2D eigenvalue weighted by atomic mass is 16.5. The minimum absolute atomic E-state index is 0.00482. The highest BCUT2D eigenvalue weighted by molar-refractivity contribution is 5.75. The van der Waals surface area contributed by atoms with Crippen LogP contribution in [0.1, 0.15) is 13.3 Å². The van der Waals surface area contributed by atoms with Crippen molar-refractivity contribution in [2.45, 2.75) is 13.3 Å². The Kier molecular flexibility index (Phi) is 9.95. The molecule has 5 nitrogen and oxygen atoms in total. The first-order valence-corrected chi connectivity index (χ1v) is 4.93. The topological polar surface area (TPSA) is 73.6 Å². The van der Waals surface area contributed by atoms with Gasteiger partial charge in [-0.25, -0.2) is 0 Å². The van der Waals surface area contributed by atoms with Gasteiger partial charge in [0.2, 0.25) is 5.91 Å². The summed E-state index contributed by atoms with van der Waals surface area (Å²) in [7, 11) is 0. The molecule has 0 aromatic heterocycles. The monoisotopic (exact) mass is 204 g/mol. The van der Waals surface area contributed by atoms with Crippen LogP contribution in [0.25, 0.3) is 0 Å². The van der Waals surface area contributed by atoms with Crippen LogP contribution < -0.4 is 11.1 Å². The standard InChI is InChI=1S/C9H20N2O3/c1-2-13-6-3-9(12)11-5-8-14-7-4-10/h2-8,10H2,1H3,(H,11,12). The summed E-state index contributed by atoms with van der Waals surface area (Å²) < 4.78 is 10.1. The zero-order chi connectivity index (χ0) is 10.6. The van der Waals surface area contributed by atoms with E-state index in [1.165, 1.54) is 0 Å². The average molecular weight is 204 g/mol. The van der Waals surface area contributed by atoms with Crippen LogP contribution in [0, 0.1) is 0 Å². The van der Waals surface area contributed by atoms with E-state index in [-0.39, 0.29) is 5.91 Å². The van der Waals surface area contributed by atoms with E-state index in [1.54, 1.807) is 0 Å². The van der Waals surface area contributed by atoms with Gasteiger partial charge in [-0.1, -0.05) is 0 Å². The maximum Gasteiger partial charge on any atom is 0.222 e. The van der Waals surface area contributed by atoms with Gasteiger partial charge in [0.1, 0.15) is 0 Å². The van der Waals surface area contributed by atoms with Gasteiger partial charge in [0.15, 0.2) is 0 Å². The first-order chi connectivity index (χ1) is 6.81. The SMILES string of the molecule is CCOCCC(=O)NCCOCCN. The fourth-order valence-electron chi connectivity index (χ4n) is 0.846. The summed E-state index contributed by atoms with van der Waals surface area (Å²) in [5, 5.41) is 2.72. The summed E-state index contributed by atoms with van der Waals surface area (Å²) in [6.45, 7) is 5.12. The van der Waals surface area contributed by atoms with Crippen molar-refractivity contribution in [2.75, 3.05) is 39.5 Å². The molecule has 0 aromatic rings. The maximum absolute atomic E-state index is 11.1. The molecule has 0 saturated heterocycles. The Morgan fingerprint density at radius 1 is 1.29 bits per heavy atom. The van der Waals surface area contributed by atoms with Crippen molar-refractivity contribution >= 4 is 5.91 Å². The van der Waals surface area contributed by atoms with Crippen LogP contribution in [0.5, 0.6) is 0 Å². The lowest BCUT2D eigenvalue weighted by atomic mass is 10.4. The lowest BCUT2D eigenvalue weighted by Crippen LogP contribution is -2.28. The maximum atomic E-state index is 11.1. The van der Waals surface area contributed by atoms with E-state index >= 15 is 0 Å². The molecular weight excluding hydrogens is 184 g/mol. The number of nitrogens with two attached hydrogens (primary N) is 1. The molecule has 0 atom stereocenters. The Morgan fingerprint density at radius 3 is 2.71 bits per heavy atom. The smallest absolute Gasteiger partial charge is 0.222 e. The molecule has 0 radical (unpaired) electrons. The lowest BCUT2D eigenvalue weighted by Gasteiger charge is -2.05. The number of amides is 1. The number of ether oxygens (including phenoxy) is 2. The predicted octanol–water partition coefficient (Wildman–Crippen LogP) is -0.495. The van der Waals surface area contributed by atoms with Gasteiger partial charge in [-0.15, -0.1) is 0 Å². The first-order valence-electron chi connectivity index (χ1n) is 4.93. The van der Waals surface area contributed by atoms with Crippen molar-refractivity contribution in [3.8, 4) is 0 Å². The molecular formula is C9H20N2O3. The van der Waals surface area contributed by atoms with Crippen LogP contribution in [0.2, 0.25) is 0 Å². The van der Waals surface area contributed by atoms with Crippen LogP contribution in [-0.2, 0) is 14.3 Å². The molecule has 0 heterocycles. The van der Waals surface area contributed by atoms with E-state index in [1.807, 2.05) is 6.92 Å². The third-order valence-corrected chi connectivity index (χ3v) is 1.51. The molecule has 0 bridgehead atoms. The van der Waals surface area contributed by atoms with E-state index in [0.717, 1.165) is 0 Å². The quantitative estimate of drug-likeness (QED) is 0.497. The van der Waals surface area contributed by atoms with Crippen molar-refractivity contribution in [3.63, 3.8) is 0 Å². The van der Waals surface area contributed by atoms with Crippen molar-refractivity contribution in [1.82, 2.24) is 5.32 Å². The van der Waals surface area contributed by atoms with Crippen molar-refractivity contribution in [1.29, 1.82) is 0 Å². The van der Waals surface area contributed by atoms with Crippen molar-refractivity contribution < 1.29 is 14.3 Å². The summed E-state index contributed by atoms with van der Waals surface area (Å²) in [5.74, 6) is -0.00482. The molecule has 14 heavy (non-hydrogen) atoms. The van der Waals surface area contributed by atoms with Gasteiger partial charge in [-0.2, -0.15) is 0 Å². The molecule has 84 valence electrons. The minimum Gasteiger partial charge on any atom is -0.381 e. The van der Waals surface area contributed by atoms with E-state index in [0.29, 0.717) is 45.9 Å². The Labute approximate surface area is 84.9 Å². The summed E-state index contributed by atoms with van der Waals surface area (Å²) in [6.07, 6.45) is 0.407. The molecule has 0 fully saturated rings. The zero-order valence-electron chi connectivity index (χ0n) is 8.75. The fraction of sp³-hybridized carbons (Fsp3) is 0.889. The predicted molar refractivity (Wildman–Crippen MR) is 54.0 cm³/mol. The van der Waals surface area contributed by atoms with Crippen LogP contribution in [0.4, 0.5) is 0 Å². The summed E-state index contributed by atoms with van der Waals surface area (Å²) >= 11 is 0. The fourth-order valence-corrected chi connectivity index (χ4v) is 0.846. The van der Waals surface area contributed by atoms with Crippen molar-refractivity contribution in [3.05, 3.63) is 0 Å². The second-order valence-corrected chi connectivity index (χ2v) is 2.70. The van der Waals surface area contributed by atoms with E-state index in [9.17, 15) is 4.79 Å². The Morgan fingerprint density at radius 2 is 2.07 bits per heavy atom. The zero-order valence-corrected chi connectivity index (χ0v) is 8.75. The molecule has 1 amide bonds. The summed E-state index contributed by atoms with van der Waals surface area (Å²) in [4.78, 5) is 11.1. The third-order valence-electron chi connectivity index (χ3n) is 1.51. The molecule has 0 aliphatic rings. The van der Waals surface area contributed by atoms with E-state index in [4.69, 9.17) is 15.2 Å². The molecule has 0 aromatic carbocycles. The summed E-state index contributed by atoms with van der Waals surface area (Å²) in [6, 6.07) is 0. The number of carbonyl (C=O) groups is 1. The van der Waals surface area contributed by atoms with Crippen LogP contribution >= 0.6 is 0 Å². The van der Waals surface area contributed by atoms with Crippen LogP contribution in [0.15, 0.2) is 0 Å². The number of carbonyl (C=O) groups excluding carboxylic acids is 1. The molecule has 5 heteroatoms. The number of rotatable bonds is 9. The lowest BCUT2D eigenvalue weighted by molar-refractivity contribution is -0.122. The molecule has 0 spiro atoms. The Hall–Kier alpha value is -0.650. The normalized spacial score (nSPS) is 10.1. The molecule has 0 aliphatic heterocycles. The van der Waals surface area contributed by atoms with Gasteiger partial charge >= 0.3 is 0 Å². The molecule has 0 aliphatic carbocycles. The molecule has 0 unspecified atom stereocenters. The largest absolute Gasteiger partial charge is 0.381 e. The van der Waals surface area contributed by atoms with Crippen LogP contribution in [0.3, 0.4) is 0 Å². The summed E-state index contributed by atoms with van der Waals surface area (Å²) in [5.41, 5.74) is 5.22. The highest BCUT2D eigenvalue weighted by Gasteiger charge is 1.99. The van der Waals surface area contributed by atoms with Gasteiger partial charge in [0, 0.05) is 26.1 Å². The second-order valence-electron chi connectivity index (χ2n) is 2.70. The van der Waals surface area contributed by atoms with Gasteiger partial charge in [-0.05, 0) is 6.92 Å². The molecule has 3 N–H and O–H groups in total. The van der Waals surface area contributed by atoms with Gasteiger partial charge in [0.25, 0.3) is 0 Å². The Bertz CT molecular complexity index is 142. The van der Waals surface area contributed by atoms with Gasteiger partial charge < -0.3 is 20.5 Å². The number of hydrogen-bond donors (Lipinski definition) is 2. The average Bonchev–Trinajstić information content (AvgIpc) is 2.18. The second kappa shape index (κ2) is 10.4. The Balaban J connectivity index is 3.10. The minimum atomic E-state index is -0.00482. The molecule has 0 rings (SSSR count). The third kappa shape index (κ3) is 9.44. The van der Waals surface area contributed by atoms with E-state index in [2.05, 4.69) is 5.32 Å². The molecule has 0 saturated carbocycles. The number of hydrogen-bond acceptors (Lipinski definition) is 4. The highest BCUT2D eigenvalue weighted by Crippen LogP contribution is 1.82. The first kappa shape index (κ1) is 13.4. The van der Waals surface area contributed by atoms with Crippen LogP contribution in [-0.4, -0.2) is 45.4 Å². The van der Waals surface area contributed by atoms with Gasteiger partial charge in [-0.3, -0.25) is 4.79 Å².